The fraction of sp³-hybridized carbons (Fsp3) is 0.333. The minimum Gasteiger partial charge on any atom is -0.344 e. The first-order chi connectivity index (χ1) is 10.3. The number of aromatic nitrogens is 1. The topological polar surface area (TPSA) is 42.0 Å². The number of rotatable bonds is 5. The van der Waals surface area contributed by atoms with Crippen molar-refractivity contribution in [1.29, 1.82) is 0 Å². The second-order valence-corrected chi connectivity index (χ2v) is 5.95. The van der Waals surface area contributed by atoms with Gasteiger partial charge in [0.25, 0.3) is 0 Å². The standard InChI is InChI=1S/C15H15F3N2OS/c1-10-19-12(9-22-10)8-14(21)20-13(15(16,17)18)7-11-5-3-2-4-6-11/h2-6,9,13H,7-8H2,1H3,(H,20,21)/t13-/m0/s1. The maximum atomic E-state index is 13.1. The molecule has 0 aliphatic rings. The van der Waals surface area contributed by atoms with Crippen LogP contribution < -0.4 is 5.32 Å². The van der Waals surface area contributed by atoms with Crippen LogP contribution in [-0.2, 0) is 17.6 Å². The molecular weight excluding hydrogens is 313 g/mol. The zero-order valence-corrected chi connectivity index (χ0v) is 12.7. The van der Waals surface area contributed by atoms with E-state index < -0.39 is 18.1 Å². The van der Waals surface area contributed by atoms with Gasteiger partial charge < -0.3 is 5.32 Å². The summed E-state index contributed by atoms with van der Waals surface area (Å²) < 4.78 is 39.2. The van der Waals surface area contributed by atoms with Crippen LogP contribution in [0, 0.1) is 6.92 Å². The predicted molar refractivity (Wildman–Crippen MR) is 78.7 cm³/mol. The Bertz CT molecular complexity index is 625. The van der Waals surface area contributed by atoms with Crippen molar-refractivity contribution < 1.29 is 18.0 Å². The molecule has 0 aliphatic heterocycles. The molecule has 0 saturated heterocycles. The Balaban J connectivity index is 2.02. The Morgan fingerprint density at radius 1 is 1.32 bits per heavy atom. The highest BCUT2D eigenvalue weighted by molar-refractivity contribution is 7.09. The number of aryl methyl sites for hydroxylation is 1. The zero-order chi connectivity index (χ0) is 16.2. The molecular formula is C15H15F3N2OS. The van der Waals surface area contributed by atoms with Crippen LogP contribution in [0.15, 0.2) is 35.7 Å². The molecule has 1 heterocycles. The Hall–Kier alpha value is -1.89. The van der Waals surface area contributed by atoms with Gasteiger partial charge in [0.2, 0.25) is 5.91 Å². The van der Waals surface area contributed by atoms with Crippen molar-refractivity contribution in [2.75, 3.05) is 0 Å². The van der Waals surface area contributed by atoms with Crippen molar-refractivity contribution in [2.24, 2.45) is 0 Å². The summed E-state index contributed by atoms with van der Waals surface area (Å²) >= 11 is 1.36. The number of hydrogen-bond donors (Lipinski definition) is 1. The molecule has 0 bridgehead atoms. The molecule has 2 rings (SSSR count). The molecule has 1 aromatic carbocycles. The average molecular weight is 328 g/mol. The molecule has 0 fully saturated rings. The van der Waals surface area contributed by atoms with E-state index in [1.165, 1.54) is 11.3 Å². The van der Waals surface area contributed by atoms with Gasteiger partial charge in [-0.2, -0.15) is 13.2 Å². The Morgan fingerprint density at radius 2 is 2.00 bits per heavy atom. The number of nitrogens with zero attached hydrogens (tertiary/aromatic N) is 1. The number of hydrogen-bond acceptors (Lipinski definition) is 3. The molecule has 0 unspecified atom stereocenters. The number of alkyl halides is 3. The fourth-order valence-electron chi connectivity index (χ4n) is 2.00. The van der Waals surface area contributed by atoms with Crippen LogP contribution in [0.5, 0.6) is 0 Å². The summed E-state index contributed by atoms with van der Waals surface area (Å²) in [6, 6.07) is 6.38. The Kier molecular flexibility index (Phi) is 5.18. The lowest BCUT2D eigenvalue weighted by Gasteiger charge is -2.21. The highest BCUT2D eigenvalue weighted by Crippen LogP contribution is 2.23. The number of carbonyl (C=O) groups is 1. The number of thiazole rings is 1. The summed E-state index contributed by atoms with van der Waals surface area (Å²) in [5.41, 5.74) is 1.01. The minimum atomic E-state index is -4.50. The number of halogens is 3. The van der Waals surface area contributed by atoms with Crippen LogP contribution in [0.25, 0.3) is 0 Å². The third-order valence-corrected chi connectivity index (χ3v) is 3.84. The zero-order valence-electron chi connectivity index (χ0n) is 11.9. The summed E-state index contributed by atoms with van der Waals surface area (Å²) in [4.78, 5) is 15.9. The van der Waals surface area contributed by atoms with Crippen LogP contribution in [0.2, 0.25) is 0 Å². The minimum absolute atomic E-state index is 0.147. The van der Waals surface area contributed by atoms with E-state index in [1.807, 2.05) is 0 Å². The van der Waals surface area contributed by atoms with E-state index >= 15 is 0 Å². The van der Waals surface area contributed by atoms with E-state index in [0.29, 0.717) is 11.3 Å². The maximum absolute atomic E-state index is 13.1. The Labute approximate surface area is 130 Å². The van der Waals surface area contributed by atoms with Crippen LogP contribution in [-0.4, -0.2) is 23.1 Å². The van der Waals surface area contributed by atoms with Gasteiger partial charge >= 0.3 is 6.18 Å². The molecule has 0 aliphatic carbocycles. The van der Waals surface area contributed by atoms with Crippen LogP contribution in [0.1, 0.15) is 16.3 Å². The van der Waals surface area contributed by atoms with Crippen LogP contribution >= 0.6 is 11.3 Å². The number of benzene rings is 1. The van der Waals surface area contributed by atoms with E-state index in [9.17, 15) is 18.0 Å². The predicted octanol–water partition coefficient (Wildman–Crippen LogP) is 3.28. The van der Waals surface area contributed by atoms with Crippen molar-refractivity contribution in [3.63, 3.8) is 0 Å². The lowest BCUT2D eigenvalue weighted by atomic mass is 10.1. The van der Waals surface area contributed by atoms with Crippen molar-refractivity contribution in [3.8, 4) is 0 Å². The molecule has 0 spiro atoms. The van der Waals surface area contributed by atoms with Gasteiger partial charge in [-0.05, 0) is 12.5 Å². The van der Waals surface area contributed by atoms with Gasteiger partial charge in [-0.3, -0.25) is 4.79 Å². The van der Waals surface area contributed by atoms with Crippen LogP contribution in [0.3, 0.4) is 0 Å². The fourth-order valence-corrected chi connectivity index (χ4v) is 2.61. The monoisotopic (exact) mass is 328 g/mol. The van der Waals surface area contributed by atoms with E-state index in [0.717, 1.165) is 5.01 Å². The first-order valence-corrected chi connectivity index (χ1v) is 7.53. The largest absolute Gasteiger partial charge is 0.408 e. The molecule has 1 aromatic heterocycles. The highest BCUT2D eigenvalue weighted by atomic mass is 32.1. The van der Waals surface area contributed by atoms with Gasteiger partial charge in [0, 0.05) is 11.8 Å². The van der Waals surface area contributed by atoms with Gasteiger partial charge in [0.15, 0.2) is 0 Å². The van der Waals surface area contributed by atoms with Gasteiger partial charge in [0.1, 0.15) is 6.04 Å². The van der Waals surface area contributed by atoms with Gasteiger partial charge in [0.05, 0.1) is 17.1 Å². The number of nitrogens with one attached hydrogen (secondary N) is 1. The van der Waals surface area contributed by atoms with E-state index in [1.54, 1.807) is 42.6 Å². The first-order valence-electron chi connectivity index (χ1n) is 6.65. The summed E-state index contributed by atoms with van der Waals surface area (Å²) in [7, 11) is 0. The SMILES string of the molecule is Cc1nc(CC(=O)N[C@@H](Cc2ccccc2)C(F)(F)F)cs1. The molecule has 0 saturated carbocycles. The van der Waals surface area contributed by atoms with E-state index in [2.05, 4.69) is 10.3 Å². The van der Waals surface area contributed by atoms with Crippen molar-refractivity contribution >= 4 is 17.2 Å². The van der Waals surface area contributed by atoms with Crippen molar-refractivity contribution in [2.45, 2.75) is 32.0 Å². The first kappa shape index (κ1) is 16.5. The number of amides is 1. The molecule has 22 heavy (non-hydrogen) atoms. The molecule has 1 N–H and O–H groups in total. The second-order valence-electron chi connectivity index (χ2n) is 4.89. The van der Waals surface area contributed by atoms with Gasteiger partial charge in [-0.15, -0.1) is 11.3 Å². The molecule has 118 valence electrons. The van der Waals surface area contributed by atoms with E-state index in [4.69, 9.17) is 0 Å². The molecule has 3 nitrogen and oxygen atoms in total. The summed E-state index contributed by atoms with van der Waals surface area (Å²) in [5.74, 6) is -0.677. The van der Waals surface area contributed by atoms with E-state index in [-0.39, 0.29) is 12.8 Å². The summed E-state index contributed by atoms with van der Waals surface area (Å²) in [6.07, 6.45) is -4.93. The molecule has 1 amide bonds. The smallest absolute Gasteiger partial charge is 0.344 e. The lowest BCUT2D eigenvalue weighted by Crippen LogP contribution is -2.47. The molecule has 2 aromatic rings. The van der Waals surface area contributed by atoms with Gasteiger partial charge in [-0.1, -0.05) is 30.3 Å². The summed E-state index contributed by atoms with van der Waals surface area (Å²) in [5, 5.41) is 4.52. The molecule has 0 radical (unpaired) electrons. The number of carbonyl (C=O) groups excluding carboxylic acids is 1. The second kappa shape index (κ2) is 6.91. The van der Waals surface area contributed by atoms with Gasteiger partial charge in [-0.25, -0.2) is 4.98 Å². The van der Waals surface area contributed by atoms with Crippen molar-refractivity contribution in [3.05, 3.63) is 52.0 Å². The quantitative estimate of drug-likeness (QED) is 0.915. The molecule has 1 atom stereocenters. The highest BCUT2D eigenvalue weighted by Gasteiger charge is 2.40. The maximum Gasteiger partial charge on any atom is 0.408 e. The van der Waals surface area contributed by atoms with Crippen molar-refractivity contribution in [1.82, 2.24) is 10.3 Å². The lowest BCUT2D eigenvalue weighted by molar-refractivity contribution is -0.161. The Morgan fingerprint density at radius 3 is 2.55 bits per heavy atom. The normalized spacial score (nSPS) is 12.9. The third-order valence-electron chi connectivity index (χ3n) is 3.02. The summed E-state index contributed by atoms with van der Waals surface area (Å²) in [6.45, 7) is 1.78. The van der Waals surface area contributed by atoms with Crippen LogP contribution in [0.4, 0.5) is 13.2 Å². The molecule has 7 heteroatoms. The third kappa shape index (κ3) is 4.84. The average Bonchev–Trinajstić information content (AvgIpc) is 2.83.